The maximum atomic E-state index is 2.49. The molecule has 0 fully saturated rings. The summed E-state index contributed by atoms with van der Waals surface area (Å²) in [5, 5.41) is 1.66. The molecule has 0 radical (unpaired) electrons. The number of rotatable bonds is 21. The van der Waals surface area contributed by atoms with Gasteiger partial charge in [0.25, 0.3) is 0 Å². The van der Waals surface area contributed by atoms with Crippen LogP contribution < -0.4 is 16.1 Å². The van der Waals surface area contributed by atoms with Crippen LogP contribution in [0.2, 0.25) is 12.1 Å². The minimum absolute atomic E-state index is 0.510. The average molecular weight is 627 g/mol. The topological polar surface area (TPSA) is 0 Å². The van der Waals surface area contributed by atoms with Crippen LogP contribution in [0.4, 0.5) is 0 Å². The van der Waals surface area contributed by atoms with Crippen LogP contribution in [-0.4, -0.2) is 44.9 Å². The zero-order valence-corrected chi connectivity index (χ0v) is 31.6. The lowest BCUT2D eigenvalue weighted by Gasteiger charge is -2.40. The third kappa shape index (κ3) is 11.9. The average Bonchev–Trinajstić information content (AvgIpc) is 3.10. The number of aryl methyl sites for hydroxylation is 1. The Balaban J connectivity index is 0.000000681. The van der Waals surface area contributed by atoms with Crippen LogP contribution in [0.15, 0.2) is 84.9 Å². The largest absolute Gasteiger partial charge is 0.325 e. The summed E-state index contributed by atoms with van der Waals surface area (Å²) in [6, 6.07) is 35.6. The Labute approximate surface area is 281 Å². The number of benzene rings is 3. The Hall–Kier alpha value is -2.10. The zero-order valence-electron chi connectivity index (χ0n) is 30.6. The molecule has 0 spiro atoms. The minimum Gasteiger partial charge on any atom is -0.325 e. The van der Waals surface area contributed by atoms with Crippen molar-refractivity contribution in [3.8, 4) is 0 Å². The molecular weight excluding hydrogens is 557 g/mol. The number of hydrogen-bond acceptors (Lipinski definition) is 0. The maximum absolute atomic E-state index is 2.49. The number of hydrogen-bond donors (Lipinski definition) is 0. The SMILES string of the molecule is CCCCCCCCc1ccccc1B(c1ccccc1)[Si](CCCC)(CCCC)c1ccccc1.CC[N+](CC)(CC)CC. The lowest BCUT2D eigenvalue weighted by molar-refractivity contribution is -0.921. The van der Waals surface area contributed by atoms with Gasteiger partial charge in [-0.3, -0.25) is 0 Å². The standard InChI is InChI=1S/C34H49BSi.C8H20N/c1-4-7-10-11-12-15-22-31-23-20-21-28-34(31)35(32-24-16-13-17-25-32)36(29-8-5-2,30-9-6-3)33-26-18-14-19-27-33;1-5-9(6-2,7-3)8-4/h13-14,16-21,23-28H,4-12,15,22,29-30H2,1-3H3;5-8H2,1-4H3/q;+1. The summed E-state index contributed by atoms with van der Waals surface area (Å²) in [6.45, 7) is 21.3. The van der Waals surface area contributed by atoms with E-state index in [2.05, 4.69) is 133 Å². The predicted octanol–water partition coefficient (Wildman–Crippen LogP) is 10.1. The first kappa shape index (κ1) is 39.1. The van der Waals surface area contributed by atoms with Gasteiger partial charge in [-0.2, -0.15) is 0 Å². The maximum Gasteiger partial charge on any atom is 0.208 e. The molecule has 0 saturated heterocycles. The van der Waals surface area contributed by atoms with Crippen molar-refractivity contribution in [3.63, 3.8) is 0 Å². The molecule has 0 unspecified atom stereocenters. The molecule has 0 amide bonds. The van der Waals surface area contributed by atoms with Gasteiger partial charge in [0, 0.05) is 0 Å². The van der Waals surface area contributed by atoms with Gasteiger partial charge < -0.3 is 4.48 Å². The molecule has 248 valence electrons. The highest BCUT2D eigenvalue weighted by Crippen LogP contribution is 2.26. The molecule has 3 rings (SSSR count). The second-order valence-electron chi connectivity index (χ2n) is 13.4. The lowest BCUT2D eigenvalue weighted by atomic mass is 9.59. The number of nitrogens with zero attached hydrogens (tertiary/aromatic N) is 1. The summed E-state index contributed by atoms with van der Waals surface area (Å²) in [6.07, 6.45) is 15.1. The van der Waals surface area contributed by atoms with Crippen LogP contribution in [-0.2, 0) is 6.42 Å². The first-order valence-electron chi connectivity index (χ1n) is 19.0. The Kier molecular flexibility index (Phi) is 19.5. The Morgan fingerprint density at radius 3 is 1.47 bits per heavy atom. The van der Waals surface area contributed by atoms with Gasteiger partial charge in [-0.1, -0.05) is 197 Å². The number of quaternary nitrogens is 1. The van der Waals surface area contributed by atoms with E-state index in [1.54, 1.807) is 16.2 Å². The molecule has 0 saturated carbocycles. The van der Waals surface area contributed by atoms with Crippen molar-refractivity contribution >= 4 is 30.4 Å². The predicted molar refractivity (Wildman–Crippen MR) is 209 cm³/mol. The van der Waals surface area contributed by atoms with Gasteiger partial charge in [-0.25, -0.2) is 0 Å². The van der Waals surface area contributed by atoms with Crippen LogP contribution in [0, 0.1) is 0 Å². The summed E-state index contributed by atoms with van der Waals surface area (Å²) in [5.74, 6) is 0. The van der Waals surface area contributed by atoms with Gasteiger partial charge in [0.2, 0.25) is 6.31 Å². The van der Waals surface area contributed by atoms with Crippen LogP contribution >= 0.6 is 0 Å². The molecule has 0 aliphatic rings. The molecule has 45 heavy (non-hydrogen) atoms. The van der Waals surface area contributed by atoms with Gasteiger partial charge in [-0.15, -0.1) is 0 Å². The van der Waals surface area contributed by atoms with Crippen LogP contribution in [0.5, 0.6) is 0 Å². The van der Waals surface area contributed by atoms with Crippen molar-refractivity contribution in [1.82, 2.24) is 0 Å². The normalized spacial score (nSPS) is 11.6. The van der Waals surface area contributed by atoms with Crippen LogP contribution in [0.3, 0.4) is 0 Å². The van der Waals surface area contributed by atoms with E-state index in [4.69, 9.17) is 0 Å². The molecule has 0 heterocycles. The van der Waals surface area contributed by atoms with Crippen LogP contribution in [0.1, 0.15) is 118 Å². The van der Waals surface area contributed by atoms with Gasteiger partial charge >= 0.3 is 0 Å². The monoisotopic (exact) mass is 627 g/mol. The third-order valence-electron chi connectivity index (χ3n) is 10.8. The van der Waals surface area contributed by atoms with Crippen LogP contribution in [0.25, 0.3) is 0 Å². The molecule has 0 aliphatic carbocycles. The van der Waals surface area contributed by atoms with Crippen molar-refractivity contribution in [2.45, 2.75) is 131 Å². The van der Waals surface area contributed by atoms with Crippen molar-refractivity contribution in [2.75, 3.05) is 26.2 Å². The molecule has 0 aliphatic heterocycles. The summed E-state index contributed by atoms with van der Waals surface area (Å²) in [5.41, 5.74) is 4.76. The van der Waals surface area contributed by atoms with Crippen molar-refractivity contribution in [1.29, 1.82) is 0 Å². The molecular formula is C42H69BNSi+. The molecule has 0 bridgehead atoms. The highest BCUT2D eigenvalue weighted by molar-refractivity contribution is 7.47. The first-order chi connectivity index (χ1) is 22.0. The Morgan fingerprint density at radius 2 is 0.956 bits per heavy atom. The molecule has 3 aromatic carbocycles. The second-order valence-corrected chi connectivity index (χ2v) is 17.9. The zero-order chi connectivity index (χ0) is 32.8. The van der Waals surface area contributed by atoms with Gasteiger partial charge in [0.1, 0.15) is 0 Å². The molecule has 3 aromatic rings. The minimum atomic E-state index is -1.92. The van der Waals surface area contributed by atoms with E-state index in [0.29, 0.717) is 6.31 Å². The molecule has 0 atom stereocenters. The van der Waals surface area contributed by atoms with E-state index >= 15 is 0 Å². The van der Waals surface area contributed by atoms with E-state index in [1.165, 1.54) is 119 Å². The Morgan fingerprint density at radius 1 is 0.489 bits per heavy atom. The van der Waals surface area contributed by atoms with Crippen molar-refractivity contribution < 1.29 is 4.48 Å². The fraction of sp³-hybridized carbons (Fsp3) is 0.571. The van der Waals surface area contributed by atoms with Gasteiger partial charge in [0.05, 0.1) is 34.1 Å². The number of unbranched alkanes of at least 4 members (excludes halogenated alkanes) is 7. The fourth-order valence-electron chi connectivity index (χ4n) is 7.55. The van der Waals surface area contributed by atoms with E-state index in [1.807, 2.05) is 0 Å². The Bertz CT molecular complexity index is 1100. The van der Waals surface area contributed by atoms with E-state index in [9.17, 15) is 0 Å². The van der Waals surface area contributed by atoms with Gasteiger partial charge in [0.15, 0.2) is 0 Å². The lowest BCUT2D eigenvalue weighted by Crippen LogP contribution is -2.70. The van der Waals surface area contributed by atoms with E-state index in [-0.39, 0.29) is 0 Å². The highest BCUT2D eigenvalue weighted by atomic mass is 28.3. The van der Waals surface area contributed by atoms with E-state index < -0.39 is 7.94 Å². The molecule has 0 N–H and O–H groups in total. The summed E-state index contributed by atoms with van der Waals surface area (Å²) >= 11 is 0. The molecule has 0 aromatic heterocycles. The fourth-order valence-corrected chi connectivity index (χ4v) is 13.8. The first-order valence-corrected chi connectivity index (χ1v) is 21.5. The quantitative estimate of drug-likeness (QED) is 0.0627. The van der Waals surface area contributed by atoms with Crippen molar-refractivity contribution in [2.24, 2.45) is 0 Å². The smallest absolute Gasteiger partial charge is 0.208 e. The van der Waals surface area contributed by atoms with E-state index in [0.717, 1.165) is 0 Å². The second kappa shape index (κ2) is 22.4. The summed E-state index contributed by atoms with van der Waals surface area (Å²) in [4.78, 5) is 0. The van der Waals surface area contributed by atoms with Crippen molar-refractivity contribution in [3.05, 3.63) is 90.5 Å². The molecule has 1 nitrogen and oxygen atoms in total. The third-order valence-corrected chi connectivity index (χ3v) is 16.6. The molecule has 3 heteroatoms. The van der Waals surface area contributed by atoms with Gasteiger partial charge in [-0.05, 0) is 40.5 Å². The summed E-state index contributed by atoms with van der Waals surface area (Å²) < 4.78 is 1.28. The summed E-state index contributed by atoms with van der Waals surface area (Å²) in [7, 11) is -1.92. The highest BCUT2D eigenvalue weighted by Gasteiger charge is 2.46.